The number of carbonyl (C=O) groups is 1. The molecule has 4 rings (SSSR count). The number of rotatable bonds is 4. The van der Waals surface area contributed by atoms with Crippen molar-refractivity contribution >= 4 is 27.6 Å². The van der Waals surface area contributed by atoms with E-state index in [0.717, 1.165) is 21.7 Å². The van der Waals surface area contributed by atoms with E-state index in [1.807, 2.05) is 54.6 Å². The zero-order valence-electron chi connectivity index (χ0n) is 14.3. The van der Waals surface area contributed by atoms with Crippen LogP contribution >= 0.6 is 0 Å². The predicted octanol–water partition coefficient (Wildman–Crippen LogP) is 3.97. The number of pyridine rings is 1. The van der Waals surface area contributed by atoms with Gasteiger partial charge in [-0.15, -0.1) is 0 Å². The number of aliphatic hydroxyl groups is 1. The topological polar surface area (TPSA) is 75.2 Å². The summed E-state index contributed by atoms with van der Waals surface area (Å²) in [5, 5.41) is 13.8. The molecule has 0 fully saturated rings. The number of para-hydroxylation sites is 1. The van der Waals surface area contributed by atoms with Crippen LogP contribution in [0.2, 0.25) is 0 Å². The lowest BCUT2D eigenvalue weighted by Gasteiger charge is -2.13. The normalized spacial score (nSPS) is 12.4. The molecule has 2 N–H and O–H groups in total. The maximum Gasteiger partial charge on any atom is 0.355 e. The van der Waals surface area contributed by atoms with E-state index in [0.29, 0.717) is 11.3 Å². The van der Waals surface area contributed by atoms with Gasteiger partial charge in [-0.3, -0.25) is 4.98 Å². The van der Waals surface area contributed by atoms with Crippen LogP contribution in [0.1, 0.15) is 34.8 Å². The molecule has 26 heavy (non-hydrogen) atoms. The first kappa shape index (κ1) is 16.3. The highest BCUT2D eigenvalue weighted by molar-refractivity contribution is 5.99. The molecule has 0 saturated carbocycles. The number of fused-ring (bicyclic) bond motifs is 2. The summed E-state index contributed by atoms with van der Waals surface area (Å²) in [6, 6.07) is 17.1. The second kappa shape index (κ2) is 6.61. The van der Waals surface area contributed by atoms with Crippen LogP contribution in [-0.2, 0) is 4.74 Å². The van der Waals surface area contributed by atoms with Gasteiger partial charge in [0.2, 0.25) is 0 Å². The van der Waals surface area contributed by atoms with E-state index in [4.69, 9.17) is 4.74 Å². The van der Waals surface area contributed by atoms with E-state index in [-0.39, 0.29) is 12.3 Å². The molecule has 2 heterocycles. The highest BCUT2D eigenvalue weighted by Gasteiger charge is 2.26. The van der Waals surface area contributed by atoms with Crippen molar-refractivity contribution in [3.63, 3.8) is 0 Å². The predicted molar refractivity (Wildman–Crippen MR) is 100 cm³/mol. The lowest BCUT2D eigenvalue weighted by Crippen LogP contribution is -2.11. The third-order valence-electron chi connectivity index (χ3n) is 4.43. The van der Waals surface area contributed by atoms with Gasteiger partial charge in [-0.1, -0.05) is 42.5 Å². The Kier molecular flexibility index (Phi) is 4.14. The molecule has 0 radical (unpaired) electrons. The maximum atomic E-state index is 12.4. The molecular formula is C21H18N2O3. The van der Waals surface area contributed by atoms with Gasteiger partial charge in [-0.05, 0) is 24.4 Å². The van der Waals surface area contributed by atoms with Crippen molar-refractivity contribution in [2.24, 2.45) is 0 Å². The van der Waals surface area contributed by atoms with Crippen molar-refractivity contribution in [1.82, 2.24) is 9.97 Å². The molecule has 4 aromatic rings. The molecule has 130 valence electrons. The quantitative estimate of drug-likeness (QED) is 0.548. The number of aliphatic hydroxyl groups excluding tert-OH is 1. The average molecular weight is 346 g/mol. The molecular weight excluding hydrogens is 328 g/mol. The number of carbonyl (C=O) groups excluding carboxylic acids is 1. The zero-order chi connectivity index (χ0) is 18.1. The molecule has 5 heteroatoms. The third-order valence-corrected chi connectivity index (χ3v) is 4.43. The molecule has 0 spiro atoms. The summed E-state index contributed by atoms with van der Waals surface area (Å²) in [5.74, 6) is -0.487. The monoisotopic (exact) mass is 346 g/mol. The van der Waals surface area contributed by atoms with Crippen molar-refractivity contribution in [3.8, 4) is 0 Å². The second-order valence-electron chi connectivity index (χ2n) is 6.04. The SMILES string of the molecule is CCOC(=O)c1[nH]c2ccccc2c1C(O)c1cc2ccccc2cn1. The highest BCUT2D eigenvalue weighted by atomic mass is 16.5. The molecule has 1 atom stereocenters. The van der Waals surface area contributed by atoms with Crippen LogP contribution < -0.4 is 0 Å². The van der Waals surface area contributed by atoms with Gasteiger partial charge >= 0.3 is 5.97 Å². The number of nitrogens with one attached hydrogen (secondary N) is 1. The summed E-state index contributed by atoms with van der Waals surface area (Å²) in [6.45, 7) is 2.01. The second-order valence-corrected chi connectivity index (χ2v) is 6.04. The summed E-state index contributed by atoms with van der Waals surface area (Å²) < 4.78 is 5.15. The number of nitrogens with zero attached hydrogens (tertiary/aromatic N) is 1. The molecule has 0 saturated heterocycles. The Morgan fingerprint density at radius 1 is 1.15 bits per heavy atom. The van der Waals surface area contributed by atoms with Gasteiger partial charge in [0.05, 0.1) is 12.3 Å². The van der Waals surface area contributed by atoms with E-state index in [1.165, 1.54) is 0 Å². The smallest absolute Gasteiger partial charge is 0.355 e. The van der Waals surface area contributed by atoms with Crippen LogP contribution in [-0.4, -0.2) is 27.7 Å². The Balaban J connectivity index is 1.88. The van der Waals surface area contributed by atoms with E-state index in [9.17, 15) is 9.90 Å². The lowest BCUT2D eigenvalue weighted by atomic mass is 10.0. The first-order chi connectivity index (χ1) is 12.7. The number of hydrogen-bond donors (Lipinski definition) is 2. The summed E-state index contributed by atoms with van der Waals surface area (Å²) in [6.07, 6.45) is 0.683. The Bertz CT molecular complexity index is 1100. The van der Waals surface area contributed by atoms with Crippen molar-refractivity contribution in [3.05, 3.63) is 77.7 Å². The van der Waals surface area contributed by atoms with Crippen molar-refractivity contribution in [2.45, 2.75) is 13.0 Å². The lowest BCUT2D eigenvalue weighted by molar-refractivity contribution is 0.0515. The first-order valence-electron chi connectivity index (χ1n) is 8.49. The van der Waals surface area contributed by atoms with Gasteiger partial charge in [0.25, 0.3) is 0 Å². The Morgan fingerprint density at radius 3 is 2.69 bits per heavy atom. The minimum atomic E-state index is -1.05. The zero-order valence-corrected chi connectivity index (χ0v) is 14.3. The molecule has 0 aliphatic rings. The summed E-state index contributed by atoms with van der Waals surface area (Å²) in [5.41, 5.74) is 2.00. The molecule has 5 nitrogen and oxygen atoms in total. The van der Waals surface area contributed by atoms with Gasteiger partial charge in [-0.2, -0.15) is 0 Å². The molecule has 2 aromatic heterocycles. The van der Waals surface area contributed by atoms with Gasteiger partial charge in [0.15, 0.2) is 0 Å². The molecule has 0 aliphatic carbocycles. The number of aromatic amines is 1. The minimum Gasteiger partial charge on any atom is -0.461 e. The van der Waals surface area contributed by atoms with Crippen molar-refractivity contribution < 1.29 is 14.6 Å². The Labute approximate surface area is 150 Å². The largest absolute Gasteiger partial charge is 0.461 e. The number of hydrogen-bond acceptors (Lipinski definition) is 4. The molecule has 0 aliphatic heterocycles. The van der Waals surface area contributed by atoms with Gasteiger partial charge < -0.3 is 14.8 Å². The number of benzene rings is 2. The van der Waals surface area contributed by atoms with Crippen LogP contribution in [0.15, 0.2) is 60.8 Å². The molecule has 1 unspecified atom stereocenters. The van der Waals surface area contributed by atoms with Crippen molar-refractivity contribution in [1.29, 1.82) is 0 Å². The summed E-state index contributed by atoms with van der Waals surface area (Å²) in [4.78, 5) is 19.9. The van der Waals surface area contributed by atoms with Crippen LogP contribution in [0.25, 0.3) is 21.7 Å². The number of H-pyrrole nitrogens is 1. The van der Waals surface area contributed by atoms with Crippen molar-refractivity contribution in [2.75, 3.05) is 6.61 Å². The number of esters is 1. The molecule has 0 amide bonds. The standard InChI is InChI=1S/C21H18N2O3/c1-2-26-21(25)19-18(15-9-5-6-10-16(15)23-19)20(24)17-11-13-7-3-4-8-14(13)12-22-17/h3-12,20,23-24H,2H2,1H3. The Morgan fingerprint density at radius 2 is 1.88 bits per heavy atom. The first-order valence-corrected chi connectivity index (χ1v) is 8.49. The summed E-state index contributed by atoms with van der Waals surface area (Å²) in [7, 11) is 0. The van der Waals surface area contributed by atoms with E-state index >= 15 is 0 Å². The summed E-state index contributed by atoms with van der Waals surface area (Å²) >= 11 is 0. The van der Waals surface area contributed by atoms with Gasteiger partial charge in [0, 0.05) is 28.0 Å². The van der Waals surface area contributed by atoms with E-state index in [1.54, 1.807) is 13.1 Å². The fourth-order valence-corrected chi connectivity index (χ4v) is 3.21. The van der Waals surface area contributed by atoms with Gasteiger partial charge in [-0.25, -0.2) is 4.79 Å². The maximum absolute atomic E-state index is 12.4. The van der Waals surface area contributed by atoms with Crippen LogP contribution in [0.3, 0.4) is 0 Å². The van der Waals surface area contributed by atoms with E-state index < -0.39 is 12.1 Å². The number of ether oxygens (including phenoxy) is 1. The third kappa shape index (κ3) is 2.72. The van der Waals surface area contributed by atoms with Crippen LogP contribution in [0.5, 0.6) is 0 Å². The molecule has 0 bridgehead atoms. The van der Waals surface area contributed by atoms with E-state index in [2.05, 4.69) is 9.97 Å². The average Bonchev–Trinajstić information content (AvgIpc) is 3.07. The minimum absolute atomic E-state index is 0.260. The highest BCUT2D eigenvalue weighted by Crippen LogP contribution is 2.32. The van der Waals surface area contributed by atoms with Crippen LogP contribution in [0, 0.1) is 0 Å². The van der Waals surface area contributed by atoms with Gasteiger partial charge in [0.1, 0.15) is 11.8 Å². The fraction of sp³-hybridized carbons (Fsp3) is 0.143. The molecule has 2 aromatic carbocycles. The fourth-order valence-electron chi connectivity index (χ4n) is 3.21. The Hall–Kier alpha value is -3.18. The number of aromatic nitrogens is 2. The van der Waals surface area contributed by atoms with Crippen LogP contribution in [0.4, 0.5) is 0 Å².